The Morgan fingerprint density at radius 3 is 2.70 bits per heavy atom. The van der Waals surface area contributed by atoms with E-state index in [2.05, 4.69) is 16.5 Å². The molecule has 0 saturated carbocycles. The molecule has 0 unspecified atom stereocenters. The maximum atomic E-state index is 13.0. The summed E-state index contributed by atoms with van der Waals surface area (Å²) < 4.78 is 14.5. The Bertz CT molecular complexity index is 1020. The molecule has 2 aromatic carbocycles. The van der Waals surface area contributed by atoms with Crippen molar-refractivity contribution in [1.29, 1.82) is 5.26 Å². The number of nitrogens with zero attached hydrogens (tertiary/aromatic N) is 3. The molecule has 0 radical (unpaired) electrons. The lowest BCUT2D eigenvalue weighted by Gasteiger charge is -2.06. The van der Waals surface area contributed by atoms with Gasteiger partial charge in [-0.05, 0) is 42.3 Å². The zero-order valence-corrected chi connectivity index (χ0v) is 15.3. The van der Waals surface area contributed by atoms with Gasteiger partial charge in [-0.15, -0.1) is 0 Å². The Morgan fingerprint density at radius 2 is 2.00 bits per heavy atom. The first-order valence-corrected chi connectivity index (χ1v) is 8.60. The minimum Gasteiger partial charge on any atom is -0.348 e. The van der Waals surface area contributed by atoms with Crippen LogP contribution in [0.4, 0.5) is 4.39 Å². The van der Waals surface area contributed by atoms with E-state index in [1.807, 2.05) is 6.07 Å². The predicted molar refractivity (Wildman–Crippen MR) is 99.8 cm³/mol. The summed E-state index contributed by atoms with van der Waals surface area (Å²) in [4.78, 5) is 12.6. The third-order valence-corrected chi connectivity index (χ3v) is 4.43. The number of hydrogen-bond acceptors (Lipinski definition) is 3. The van der Waals surface area contributed by atoms with Crippen molar-refractivity contribution in [3.05, 3.63) is 87.4 Å². The van der Waals surface area contributed by atoms with Crippen molar-refractivity contribution in [3.8, 4) is 6.07 Å². The summed E-state index contributed by atoms with van der Waals surface area (Å²) in [6.07, 6.45) is 0. The summed E-state index contributed by atoms with van der Waals surface area (Å²) in [7, 11) is 0. The first kappa shape index (κ1) is 18.6. The quantitative estimate of drug-likeness (QED) is 0.728. The van der Waals surface area contributed by atoms with Crippen molar-refractivity contribution in [2.75, 3.05) is 0 Å². The van der Waals surface area contributed by atoms with Crippen LogP contribution in [0.25, 0.3) is 0 Å². The lowest BCUT2D eigenvalue weighted by atomic mass is 10.1. The van der Waals surface area contributed by atoms with Gasteiger partial charge in [-0.2, -0.15) is 10.4 Å². The minimum absolute atomic E-state index is 0.222. The van der Waals surface area contributed by atoms with Crippen LogP contribution in [0.2, 0.25) is 5.15 Å². The molecular formula is C20H16ClFN4O. The Morgan fingerprint density at radius 1 is 1.26 bits per heavy atom. The molecule has 7 heteroatoms. The Kier molecular flexibility index (Phi) is 5.53. The van der Waals surface area contributed by atoms with Crippen LogP contribution in [0.5, 0.6) is 0 Å². The Hall–Kier alpha value is -3.17. The first-order chi connectivity index (χ1) is 13.0. The van der Waals surface area contributed by atoms with Crippen LogP contribution in [0.3, 0.4) is 0 Å². The fourth-order valence-electron chi connectivity index (χ4n) is 2.70. The van der Waals surface area contributed by atoms with Crippen molar-refractivity contribution < 1.29 is 9.18 Å². The fraction of sp³-hybridized carbons (Fsp3) is 0.150. The van der Waals surface area contributed by atoms with E-state index in [1.165, 1.54) is 16.8 Å². The van der Waals surface area contributed by atoms with Gasteiger partial charge in [-0.1, -0.05) is 35.9 Å². The van der Waals surface area contributed by atoms with Crippen LogP contribution in [-0.4, -0.2) is 15.7 Å². The van der Waals surface area contributed by atoms with Gasteiger partial charge in [0.2, 0.25) is 0 Å². The molecule has 1 aromatic heterocycles. The zero-order chi connectivity index (χ0) is 19.4. The van der Waals surface area contributed by atoms with Gasteiger partial charge in [0.15, 0.2) is 0 Å². The highest BCUT2D eigenvalue weighted by molar-refractivity contribution is 6.33. The maximum absolute atomic E-state index is 13.0. The number of benzene rings is 2. The van der Waals surface area contributed by atoms with Crippen molar-refractivity contribution in [2.24, 2.45) is 0 Å². The number of aromatic nitrogens is 2. The van der Waals surface area contributed by atoms with Gasteiger partial charge < -0.3 is 5.32 Å². The SMILES string of the molecule is Cc1nn(Cc2ccc(F)cc2)c(Cl)c1C(=O)NCc1cccc(C#N)c1. The second-order valence-electron chi connectivity index (χ2n) is 6.03. The van der Waals surface area contributed by atoms with Gasteiger partial charge in [-0.3, -0.25) is 4.79 Å². The van der Waals surface area contributed by atoms with Crippen LogP contribution in [0, 0.1) is 24.1 Å². The number of carbonyl (C=O) groups excluding carboxylic acids is 1. The van der Waals surface area contributed by atoms with E-state index >= 15 is 0 Å². The predicted octanol–water partition coefficient (Wildman–Crippen LogP) is 3.83. The van der Waals surface area contributed by atoms with Crippen molar-refractivity contribution in [2.45, 2.75) is 20.0 Å². The van der Waals surface area contributed by atoms with E-state index in [0.29, 0.717) is 23.4 Å². The molecule has 27 heavy (non-hydrogen) atoms. The summed E-state index contributed by atoms with van der Waals surface area (Å²) in [5, 5.41) is 16.3. The van der Waals surface area contributed by atoms with Gasteiger partial charge in [0.25, 0.3) is 5.91 Å². The molecule has 0 aliphatic rings. The van der Waals surface area contributed by atoms with Crippen LogP contribution < -0.4 is 5.32 Å². The van der Waals surface area contributed by atoms with Gasteiger partial charge in [0, 0.05) is 6.54 Å². The molecule has 1 heterocycles. The molecule has 0 aliphatic heterocycles. The molecular weight excluding hydrogens is 367 g/mol. The largest absolute Gasteiger partial charge is 0.348 e. The average Bonchev–Trinajstić information content (AvgIpc) is 2.95. The topological polar surface area (TPSA) is 70.7 Å². The lowest BCUT2D eigenvalue weighted by Crippen LogP contribution is -2.23. The van der Waals surface area contributed by atoms with E-state index < -0.39 is 0 Å². The van der Waals surface area contributed by atoms with Crippen LogP contribution in [0.15, 0.2) is 48.5 Å². The minimum atomic E-state index is -0.342. The number of aryl methyl sites for hydroxylation is 1. The number of hydrogen-bond donors (Lipinski definition) is 1. The van der Waals surface area contributed by atoms with E-state index in [9.17, 15) is 9.18 Å². The van der Waals surface area contributed by atoms with Gasteiger partial charge >= 0.3 is 0 Å². The number of nitriles is 1. The third-order valence-electron chi connectivity index (χ3n) is 4.05. The van der Waals surface area contributed by atoms with E-state index in [4.69, 9.17) is 16.9 Å². The zero-order valence-electron chi connectivity index (χ0n) is 14.5. The van der Waals surface area contributed by atoms with Crippen LogP contribution >= 0.6 is 11.6 Å². The van der Waals surface area contributed by atoms with E-state index in [-0.39, 0.29) is 23.4 Å². The highest BCUT2D eigenvalue weighted by Gasteiger charge is 2.20. The van der Waals surface area contributed by atoms with E-state index in [1.54, 1.807) is 37.3 Å². The number of rotatable bonds is 5. The summed E-state index contributed by atoms with van der Waals surface area (Å²) in [5.41, 5.74) is 2.97. The van der Waals surface area contributed by atoms with Gasteiger partial charge in [0.1, 0.15) is 11.0 Å². The number of nitrogens with one attached hydrogen (secondary N) is 1. The molecule has 0 saturated heterocycles. The molecule has 5 nitrogen and oxygen atoms in total. The lowest BCUT2D eigenvalue weighted by molar-refractivity contribution is 0.0950. The molecule has 136 valence electrons. The first-order valence-electron chi connectivity index (χ1n) is 8.22. The molecule has 1 amide bonds. The summed E-state index contributed by atoms with van der Waals surface area (Å²) in [6, 6.07) is 15.1. The Balaban J connectivity index is 1.74. The van der Waals surface area contributed by atoms with Gasteiger partial charge in [-0.25, -0.2) is 9.07 Å². The standard InChI is InChI=1S/C20H16ClFN4O/c1-13-18(20(27)24-11-16-4-2-3-15(9-16)10-23)19(21)26(25-13)12-14-5-7-17(22)8-6-14/h2-9H,11-12H2,1H3,(H,24,27). The van der Waals surface area contributed by atoms with Crippen LogP contribution in [-0.2, 0) is 13.1 Å². The van der Waals surface area contributed by atoms with E-state index in [0.717, 1.165) is 11.1 Å². The molecule has 3 rings (SSSR count). The van der Waals surface area contributed by atoms with Crippen molar-refractivity contribution >= 4 is 17.5 Å². The Labute approximate surface area is 161 Å². The average molecular weight is 383 g/mol. The summed E-state index contributed by atoms with van der Waals surface area (Å²) in [5.74, 6) is -0.660. The molecule has 0 spiro atoms. The van der Waals surface area contributed by atoms with Crippen molar-refractivity contribution in [1.82, 2.24) is 15.1 Å². The highest BCUT2D eigenvalue weighted by atomic mass is 35.5. The monoisotopic (exact) mass is 382 g/mol. The maximum Gasteiger partial charge on any atom is 0.256 e. The highest BCUT2D eigenvalue weighted by Crippen LogP contribution is 2.21. The molecule has 0 bridgehead atoms. The number of carbonyl (C=O) groups is 1. The molecule has 0 atom stereocenters. The number of halogens is 2. The smallest absolute Gasteiger partial charge is 0.256 e. The normalized spacial score (nSPS) is 10.4. The van der Waals surface area contributed by atoms with Gasteiger partial charge in [0.05, 0.1) is 29.4 Å². The third kappa shape index (κ3) is 4.33. The van der Waals surface area contributed by atoms with Crippen molar-refractivity contribution in [3.63, 3.8) is 0 Å². The summed E-state index contributed by atoms with van der Waals surface area (Å²) in [6.45, 7) is 2.31. The van der Waals surface area contributed by atoms with Crippen LogP contribution in [0.1, 0.15) is 32.7 Å². The molecule has 1 N–H and O–H groups in total. The fourth-order valence-corrected chi connectivity index (χ4v) is 3.02. The molecule has 0 aliphatic carbocycles. The second kappa shape index (κ2) is 8.02. The summed E-state index contributed by atoms with van der Waals surface area (Å²) >= 11 is 6.36. The molecule has 3 aromatic rings. The molecule has 0 fully saturated rings. The number of amides is 1. The second-order valence-corrected chi connectivity index (χ2v) is 6.39.